The molecule has 194 valence electrons. The molecular formula is C28H23BrF3N5O. The van der Waals surface area contributed by atoms with Crippen molar-refractivity contribution in [3.05, 3.63) is 88.5 Å². The lowest BCUT2D eigenvalue weighted by Crippen LogP contribution is -2.47. The number of aromatic nitrogens is 1. The standard InChI is InChI=1S/C28H23BrF3N5O/c1-18(17-36-10-12-37(13-11-36)23-8-4-21(5-9-23)28(30,31)32)34-22-6-2-20(3-7-22)27-35-25-15-19(16-33)14-24(29)26(25)38-27/h2-9,14-15,34H,1,10-13,17H2. The van der Waals surface area contributed by atoms with Crippen LogP contribution in [0.1, 0.15) is 11.1 Å². The topological polar surface area (TPSA) is 68.3 Å². The Kier molecular flexibility index (Phi) is 7.15. The maximum atomic E-state index is 12.8. The number of benzene rings is 3. The molecule has 0 atom stereocenters. The number of nitrogens with one attached hydrogen (secondary N) is 1. The van der Waals surface area contributed by atoms with Crippen molar-refractivity contribution < 1.29 is 17.6 Å². The third-order valence-electron chi connectivity index (χ3n) is 6.37. The monoisotopic (exact) mass is 581 g/mol. The van der Waals surface area contributed by atoms with E-state index < -0.39 is 11.7 Å². The number of nitriles is 1. The zero-order valence-electron chi connectivity index (χ0n) is 20.2. The molecule has 0 saturated carbocycles. The highest BCUT2D eigenvalue weighted by Gasteiger charge is 2.30. The van der Waals surface area contributed by atoms with Crippen molar-refractivity contribution in [1.82, 2.24) is 9.88 Å². The number of alkyl halides is 3. The molecule has 1 N–H and O–H groups in total. The fraction of sp³-hybridized carbons (Fsp3) is 0.214. The van der Waals surface area contributed by atoms with Crippen LogP contribution in [0, 0.1) is 11.3 Å². The second kappa shape index (κ2) is 10.5. The molecule has 1 aliphatic rings. The summed E-state index contributed by atoms with van der Waals surface area (Å²) < 4.78 is 45.0. The number of oxazole rings is 1. The Balaban J connectivity index is 1.14. The van der Waals surface area contributed by atoms with Gasteiger partial charge in [-0.3, -0.25) is 4.90 Å². The summed E-state index contributed by atoms with van der Waals surface area (Å²) in [5, 5.41) is 12.5. The predicted octanol–water partition coefficient (Wildman–Crippen LogP) is 6.90. The SMILES string of the molecule is C=C(CN1CCN(c2ccc(C(F)(F)F)cc2)CC1)Nc1ccc(-c2nc3cc(C#N)cc(Br)c3o2)cc1. The maximum Gasteiger partial charge on any atom is 0.416 e. The molecule has 0 unspecified atom stereocenters. The van der Waals surface area contributed by atoms with E-state index in [2.05, 4.69) is 48.7 Å². The lowest BCUT2D eigenvalue weighted by atomic mass is 10.1. The van der Waals surface area contributed by atoms with Gasteiger partial charge in [0.15, 0.2) is 5.58 Å². The van der Waals surface area contributed by atoms with E-state index in [-0.39, 0.29) is 0 Å². The average Bonchev–Trinajstić information content (AvgIpc) is 3.34. The molecule has 1 aromatic heterocycles. The van der Waals surface area contributed by atoms with Gasteiger partial charge in [-0.05, 0) is 76.6 Å². The lowest BCUT2D eigenvalue weighted by molar-refractivity contribution is -0.137. The van der Waals surface area contributed by atoms with Gasteiger partial charge in [0.25, 0.3) is 0 Å². The summed E-state index contributed by atoms with van der Waals surface area (Å²) in [6, 6.07) is 18.5. The van der Waals surface area contributed by atoms with Gasteiger partial charge in [0, 0.05) is 55.4 Å². The predicted molar refractivity (Wildman–Crippen MR) is 145 cm³/mol. The molecular weight excluding hydrogens is 559 g/mol. The number of halogens is 4. The lowest BCUT2D eigenvalue weighted by Gasteiger charge is -2.36. The molecule has 0 spiro atoms. The van der Waals surface area contributed by atoms with Crippen molar-refractivity contribution in [3.8, 4) is 17.5 Å². The number of rotatable bonds is 6. The van der Waals surface area contributed by atoms with Gasteiger partial charge >= 0.3 is 6.18 Å². The molecule has 1 aliphatic heterocycles. The van der Waals surface area contributed by atoms with E-state index >= 15 is 0 Å². The first-order valence-corrected chi connectivity index (χ1v) is 12.7. The van der Waals surface area contributed by atoms with Gasteiger partial charge in [-0.2, -0.15) is 18.4 Å². The summed E-state index contributed by atoms with van der Waals surface area (Å²) in [5.74, 6) is 0.465. The molecule has 0 aliphatic carbocycles. The van der Waals surface area contributed by atoms with Crippen LogP contribution in [0.4, 0.5) is 24.5 Å². The van der Waals surface area contributed by atoms with E-state index in [9.17, 15) is 13.2 Å². The molecule has 10 heteroatoms. The van der Waals surface area contributed by atoms with Crippen molar-refractivity contribution in [2.75, 3.05) is 42.9 Å². The summed E-state index contributed by atoms with van der Waals surface area (Å²) >= 11 is 3.43. The summed E-state index contributed by atoms with van der Waals surface area (Å²) in [6.07, 6.45) is -4.32. The zero-order valence-corrected chi connectivity index (χ0v) is 21.8. The van der Waals surface area contributed by atoms with Crippen LogP contribution in [0.25, 0.3) is 22.6 Å². The summed E-state index contributed by atoms with van der Waals surface area (Å²) in [6.45, 7) is 7.82. The van der Waals surface area contributed by atoms with Crippen molar-refractivity contribution >= 4 is 38.4 Å². The third kappa shape index (κ3) is 5.69. The molecule has 38 heavy (non-hydrogen) atoms. The molecule has 1 fully saturated rings. The molecule has 1 saturated heterocycles. The van der Waals surface area contributed by atoms with E-state index in [4.69, 9.17) is 9.68 Å². The van der Waals surface area contributed by atoms with E-state index in [1.165, 1.54) is 12.1 Å². The quantitative estimate of drug-likeness (QED) is 0.267. The summed E-state index contributed by atoms with van der Waals surface area (Å²) in [4.78, 5) is 8.87. The van der Waals surface area contributed by atoms with Crippen LogP contribution in [-0.4, -0.2) is 42.6 Å². The minimum Gasteiger partial charge on any atom is -0.435 e. The second-order valence-electron chi connectivity index (χ2n) is 9.05. The first kappa shape index (κ1) is 25.8. The van der Waals surface area contributed by atoms with Crippen molar-refractivity contribution in [1.29, 1.82) is 5.26 Å². The van der Waals surface area contributed by atoms with Crippen LogP contribution in [0.5, 0.6) is 0 Å². The number of fused-ring (bicyclic) bond motifs is 1. The van der Waals surface area contributed by atoms with E-state index in [1.54, 1.807) is 12.1 Å². The van der Waals surface area contributed by atoms with Crippen LogP contribution in [0.3, 0.4) is 0 Å². The smallest absolute Gasteiger partial charge is 0.416 e. The maximum absolute atomic E-state index is 12.8. The van der Waals surface area contributed by atoms with E-state index in [0.29, 0.717) is 33.6 Å². The first-order chi connectivity index (χ1) is 18.2. The number of hydrogen-bond donors (Lipinski definition) is 1. The number of hydrogen-bond acceptors (Lipinski definition) is 6. The van der Waals surface area contributed by atoms with Crippen LogP contribution >= 0.6 is 15.9 Å². The van der Waals surface area contributed by atoms with Gasteiger partial charge in [0.05, 0.1) is 21.7 Å². The minimum absolute atomic E-state index is 0.465. The van der Waals surface area contributed by atoms with Crippen molar-refractivity contribution in [3.63, 3.8) is 0 Å². The Morgan fingerprint density at radius 1 is 1.05 bits per heavy atom. The molecule has 4 aromatic rings. The number of piperazine rings is 1. The highest BCUT2D eigenvalue weighted by molar-refractivity contribution is 9.10. The minimum atomic E-state index is -4.32. The third-order valence-corrected chi connectivity index (χ3v) is 6.96. The summed E-state index contributed by atoms with van der Waals surface area (Å²) in [5.41, 5.74) is 4.40. The van der Waals surface area contributed by atoms with Crippen LogP contribution in [0.2, 0.25) is 0 Å². The Hall–Kier alpha value is -3.81. The molecule has 3 aromatic carbocycles. The molecule has 2 heterocycles. The zero-order chi connectivity index (χ0) is 26.9. The Morgan fingerprint density at radius 3 is 2.37 bits per heavy atom. The second-order valence-corrected chi connectivity index (χ2v) is 9.91. The number of nitrogens with zero attached hydrogens (tertiary/aromatic N) is 4. The Labute approximate surface area is 226 Å². The van der Waals surface area contributed by atoms with Crippen LogP contribution in [-0.2, 0) is 6.18 Å². The van der Waals surface area contributed by atoms with E-state index in [0.717, 1.165) is 60.9 Å². The van der Waals surface area contributed by atoms with Crippen LogP contribution in [0.15, 0.2) is 81.8 Å². The summed E-state index contributed by atoms with van der Waals surface area (Å²) in [7, 11) is 0. The molecule has 5 rings (SSSR count). The average molecular weight is 582 g/mol. The van der Waals surface area contributed by atoms with E-state index in [1.807, 2.05) is 24.3 Å². The van der Waals surface area contributed by atoms with Gasteiger partial charge < -0.3 is 14.6 Å². The Bertz CT molecular complexity index is 1500. The highest BCUT2D eigenvalue weighted by atomic mass is 79.9. The van der Waals surface area contributed by atoms with Crippen LogP contribution < -0.4 is 10.2 Å². The highest BCUT2D eigenvalue weighted by Crippen LogP contribution is 2.32. The van der Waals surface area contributed by atoms with Gasteiger partial charge in [0.2, 0.25) is 5.89 Å². The molecule has 0 bridgehead atoms. The van der Waals surface area contributed by atoms with Crippen molar-refractivity contribution in [2.45, 2.75) is 6.18 Å². The fourth-order valence-corrected chi connectivity index (χ4v) is 4.95. The fourth-order valence-electron chi connectivity index (χ4n) is 4.42. The molecule has 6 nitrogen and oxygen atoms in total. The number of anilines is 2. The molecule has 0 radical (unpaired) electrons. The van der Waals surface area contributed by atoms with Gasteiger partial charge in [-0.15, -0.1) is 0 Å². The molecule has 0 amide bonds. The normalized spacial score (nSPS) is 14.4. The Morgan fingerprint density at radius 2 is 1.74 bits per heavy atom. The first-order valence-electron chi connectivity index (χ1n) is 11.9. The van der Waals surface area contributed by atoms with Gasteiger partial charge in [-0.25, -0.2) is 4.98 Å². The van der Waals surface area contributed by atoms with Gasteiger partial charge in [0.1, 0.15) is 5.52 Å². The van der Waals surface area contributed by atoms with Gasteiger partial charge in [-0.1, -0.05) is 6.58 Å². The largest absolute Gasteiger partial charge is 0.435 e. The van der Waals surface area contributed by atoms with Crippen molar-refractivity contribution in [2.24, 2.45) is 0 Å².